The van der Waals surface area contributed by atoms with E-state index in [-0.39, 0.29) is 28.6 Å². The zero-order chi connectivity index (χ0) is 17.7. The highest BCUT2D eigenvalue weighted by Gasteiger charge is 2.68. The lowest BCUT2D eigenvalue weighted by atomic mass is 9.76. The number of halogens is 4. The van der Waals surface area contributed by atoms with Crippen LogP contribution in [0.25, 0.3) is 0 Å². The molecule has 0 spiro atoms. The Morgan fingerprint density at radius 2 is 2.08 bits per heavy atom. The van der Waals surface area contributed by atoms with Crippen molar-refractivity contribution in [2.45, 2.75) is 38.1 Å². The number of hydrogen-bond donors (Lipinski definition) is 1. The molecule has 0 aromatic heterocycles. The molecule has 1 amide bonds. The zero-order valence-corrected chi connectivity index (χ0v) is 14.4. The summed E-state index contributed by atoms with van der Waals surface area (Å²) in [6.07, 6.45) is -3.81. The molecule has 4 nitrogen and oxygen atoms in total. The van der Waals surface area contributed by atoms with Gasteiger partial charge in [-0.3, -0.25) is 4.79 Å². The zero-order valence-electron chi connectivity index (χ0n) is 12.8. The van der Waals surface area contributed by atoms with E-state index in [9.17, 15) is 23.1 Å². The molecule has 1 aliphatic heterocycles. The number of rotatable bonds is 1. The van der Waals surface area contributed by atoms with E-state index in [1.807, 2.05) is 6.92 Å². The molecule has 1 aromatic rings. The number of hydrogen-bond acceptors (Lipinski definition) is 3. The number of benzene rings is 1. The molecule has 1 N–H and O–H groups in total. The standard InChI is InChI=1S/C16H16BrF3N2O2/c1-9-6-7-13-11(8-9)15(24,16(18,19)20)22(21-13)14(23)10-4-2-3-5-12(10)17/h2-5,9,11,24H,6-8H2,1H3/t9-,11+,15-/m1/s1. The molecule has 1 fully saturated rings. The quantitative estimate of drug-likeness (QED) is 0.770. The second-order valence-corrected chi connectivity index (χ2v) is 7.20. The third kappa shape index (κ3) is 2.56. The molecule has 2 aliphatic rings. The van der Waals surface area contributed by atoms with Crippen LogP contribution in [0.4, 0.5) is 13.2 Å². The average molecular weight is 405 g/mol. The van der Waals surface area contributed by atoms with E-state index < -0.39 is 23.7 Å². The lowest BCUT2D eigenvalue weighted by molar-refractivity contribution is -0.313. The van der Waals surface area contributed by atoms with Gasteiger partial charge in [-0.1, -0.05) is 19.1 Å². The van der Waals surface area contributed by atoms with Gasteiger partial charge in [0.05, 0.1) is 11.5 Å². The molecule has 3 rings (SSSR count). The first kappa shape index (κ1) is 17.4. The van der Waals surface area contributed by atoms with Crippen LogP contribution in [0.2, 0.25) is 0 Å². The summed E-state index contributed by atoms with van der Waals surface area (Å²) in [5.74, 6) is -2.16. The summed E-state index contributed by atoms with van der Waals surface area (Å²) in [6, 6.07) is 6.14. The lowest BCUT2D eigenvalue weighted by Gasteiger charge is -2.39. The van der Waals surface area contributed by atoms with Crippen molar-refractivity contribution in [1.29, 1.82) is 0 Å². The molecule has 130 valence electrons. The molecule has 0 saturated heterocycles. The van der Waals surface area contributed by atoms with Crippen molar-refractivity contribution in [2.24, 2.45) is 16.9 Å². The number of aliphatic hydroxyl groups is 1. The average Bonchev–Trinajstić information content (AvgIpc) is 2.81. The van der Waals surface area contributed by atoms with Crippen LogP contribution in [0.15, 0.2) is 33.8 Å². The Kier molecular flexibility index (Phi) is 4.24. The Morgan fingerprint density at radius 1 is 1.42 bits per heavy atom. The minimum atomic E-state index is -5.00. The molecule has 1 heterocycles. The molecule has 0 bridgehead atoms. The predicted molar refractivity (Wildman–Crippen MR) is 85.3 cm³/mol. The maximum absolute atomic E-state index is 13.7. The third-order valence-corrected chi connectivity index (χ3v) is 5.38. The summed E-state index contributed by atoms with van der Waals surface area (Å²) in [5.41, 5.74) is -3.03. The highest BCUT2D eigenvalue weighted by atomic mass is 79.9. The minimum Gasteiger partial charge on any atom is -0.362 e. The number of carbonyl (C=O) groups excluding carboxylic acids is 1. The third-order valence-electron chi connectivity index (χ3n) is 4.68. The van der Waals surface area contributed by atoms with Gasteiger partial charge < -0.3 is 5.11 Å². The van der Waals surface area contributed by atoms with Crippen molar-refractivity contribution >= 4 is 27.5 Å². The highest BCUT2D eigenvalue weighted by Crippen LogP contribution is 2.49. The molecular formula is C16H16BrF3N2O2. The maximum Gasteiger partial charge on any atom is 0.439 e. The van der Waals surface area contributed by atoms with Crippen LogP contribution in [-0.4, -0.2) is 33.6 Å². The summed E-state index contributed by atoms with van der Waals surface area (Å²) in [5, 5.41) is 14.7. The van der Waals surface area contributed by atoms with Gasteiger partial charge in [-0.2, -0.15) is 23.3 Å². The molecule has 0 unspecified atom stereocenters. The summed E-state index contributed by atoms with van der Waals surface area (Å²) >= 11 is 3.16. The van der Waals surface area contributed by atoms with Crippen LogP contribution in [-0.2, 0) is 0 Å². The lowest BCUT2D eigenvalue weighted by Crippen LogP contribution is -2.61. The molecule has 1 saturated carbocycles. The molecule has 24 heavy (non-hydrogen) atoms. The van der Waals surface area contributed by atoms with Gasteiger partial charge in [0.2, 0.25) is 0 Å². The van der Waals surface area contributed by atoms with Crippen molar-refractivity contribution in [1.82, 2.24) is 5.01 Å². The van der Waals surface area contributed by atoms with E-state index in [0.29, 0.717) is 17.3 Å². The van der Waals surface area contributed by atoms with Crippen molar-refractivity contribution in [3.63, 3.8) is 0 Å². The molecule has 1 aromatic carbocycles. The van der Waals surface area contributed by atoms with Crippen molar-refractivity contribution in [2.75, 3.05) is 0 Å². The largest absolute Gasteiger partial charge is 0.439 e. The van der Waals surface area contributed by atoms with E-state index in [1.54, 1.807) is 18.2 Å². The number of alkyl halides is 3. The molecular weight excluding hydrogens is 389 g/mol. The smallest absolute Gasteiger partial charge is 0.362 e. The second kappa shape index (κ2) is 5.84. The van der Waals surface area contributed by atoms with Crippen molar-refractivity contribution < 1.29 is 23.1 Å². The van der Waals surface area contributed by atoms with Gasteiger partial charge >= 0.3 is 6.18 Å². The number of hydrazone groups is 1. The van der Waals surface area contributed by atoms with E-state index in [4.69, 9.17) is 0 Å². The molecule has 0 radical (unpaired) electrons. The van der Waals surface area contributed by atoms with E-state index in [2.05, 4.69) is 21.0 Å². The fourth-order valence-electron chi connectivity index (χ4n) is 3.36. The summed E-state index contributed by atoms with van der Waals surface area (Å²) in [7, 11) is 0. The van der Waals surface area contributed by atoms with Crippen LogP contribution in [0, 0.1) is 11.8 Å². The summed E-state index contributed by atoms with van der Waals surface area (Å²) < 4.78 is 41.6. The fraction of sp³-hybridized carbons (Fsp3) is 0.500. The van der Waals surface area contributed by atoms with Gasteiger partial charge in [-0.25, -0.2) is 0 Å². The Balaban J connectivity index is 2.07. The molecule has 1 aliphatic carbocycles. The predicted octanol–water partition coefficient (Wildman–Crippen LogP) is 3.95. The maximum atomic E-state index is 13.7. The Hall–Kier alpha value is -1.41. The summed E-state index contributed by atoms with van der Waals surface area (Å²) in [6.45, 7) is 1.84. The molecule has 3 atom stereocenters. The number of fused-ring (bicyclic) bond motifs is 1. The molecule has 8 heteroatoms. The van der Waals surface area contributed by atoms with Crippen molar-refractivity contribution in [3.05, 3.63) is 34.3 Å². The SMILES string of the molecule is C[C@@H]1CCC2=NN(C(=O)c3ccccc3Br)[C@](O)(C(F)(F)F)[C@H]2C1. The Labute approximate surface area is 145 Å². The van der Waals surface area contributed by atoms with Crippen LogP contribution in [0.1, 0.15) is 36.5 Å². The van der Waals surface area contributed by atoms with Gasteiger partial charge in [0.15, 0.2) is 0 Å². The van der Waals surface area contributed by atoms with Gasteiger partial charge in [0.25, 0.3) is 11.6 Å². The number of nitrogens with zero attached hydrogens (tertiary/aromatic N) is 2. The topological polar surface area (TPSA) is 52.9 Å². The van der Waals surface area contributed by atoms with Crippen LogP contribution < -0.4 is 0 Å². The first-order valence-electron chi connectivity index (χ1n) is 7.61. The number of amides is 1. The Bertz CT molecular complexity index is 707. The second-order valence-electron chi connectivity index (χ2n) is 6.34. The Morgan fingerprint density at radius 3 is 2.71 bits per heavy atom. The fourth-order valence-corrected chi connectivity index (χ4v) is 3.81. The van der Waals surface area contributed by atoms with Crippen LogP contribution >= 0.6 is 15.9 Å². The first-order chi connectivity index (χ1) is 11.2. The van der Waals surface area contributed by atoms with Crippen molar-refractivity contribution in [3.8, 4) is 0 Å². The van der Waals surface area contributed by atoms with Gasteiger partial charge in [-0.15, -0.1) is 0 Å². The van der Waals surface area contributed by atoms with Gasteiger partial charge in [-0.05, 0) is 53.2 Å². The van der Waals surface area contributed by atoms with Crippen LogP contribution in [0.3, 0.4) is 0 Å². The van der Waals surface area contributed by atoms with E-state index in [0.717, 1.165) is 0 Å². The van der Waals surface area contributed by atoms with E-state index >= 15 is 0 Å². The van der Waals surface area contributed by atoms with Crippen LogP contribution in [0.5, 0.6) is 0 Å². The highest BCUT2D eigenvalue weighted by molar-refractivity contribution is 9.10. The van der Waals surface area contributed by atoms with E-state index in [1.165, 1.54) is 6.07 Å². The minimum absolute atomic E-state index is 0.0243. The van der Waals surface area contributed by atoms with Gasteiger partial charge in [0.1, 0.15) is 0 Å². The first-order valence-corrected chi connectivity index (χ1v) is 8.41. The van der Waals surface area contributed by atoms with Gasteiger partial charge in [0, 0.05) is 10.2 Å². The summed E-state index contributed by atoms with van der Waals surface area (Å²) in [4.78, 5) is 12.7. The number of carbonyl (C=O) groups is 1. The monoisotopic (exact) mass is 404 g/mol. The normalized spacial score (nSPS) is 30.1.